The first-order valence-corrected chi connectivity index (χ1v) is 6.13. The van der Waals surface area contributed by atoms with Gasteiger partial charge in [0.25, 0.3) is 0 Å². The number of nitrogens with one attached hydrogen (secondary N) is 1. The number of oxazole rings is 1. The Labute approximate surface area is 108 Å². The summed E-state index contributed by atoms with van der Waals surface area (Å²) in [7, 11) is 0. The maximum atomic E-state index is 5.36. The van der Waals surface area contributed by atoms with Gasteiger partial charge < -0.3 is 9.73 Å². The van der Waals surface area contributed by atoms with Crippen molar-refractivity contribution in [1.29, 1.82) is 0 Å². The summed E-state index contributed by atoms with van der Waals surface area (Å²) in [6, 6.07) is 0.474. The fourth-order valence-corrected chi connectivity index (χ4v) is 1.53. The maximum Gasteiger partial charge on any atom is 0.322 e. The zero-order chi connectivity index (χ0) is 12.5. The minimum absolute atomic E-state index is 0.0633. The molecule has 92 valence electrons. The van der Waals surface area contributed by atoms with E-state index < -0.39 is 0 Å². The van der Waals surface area contributed by atoms with E-state index in [4.69, 9.17) is 4.42 Å². The summed E-state index contributed by atoms with van der Waals surface area (Å²) >= 11 is 3.33. The largest absolute Gasteiger partial charge is 0.430 e. The van der Waals surface area contributed by atoms with Crippen LogP contribution >= 0.6 is 15.9 Å². The van der Waals surface area contributed by atoms with Gasteiger partial charge in [-0.1, -0.05) is 0 Å². The molecule has 2 aromatic rings. The van der Waals surface area contributed by atoms with Gasteiger partial charge in [-0.25, -0.2) is 0 Å². The predicted molar refractivity (Wildman–Crippen MR) is 67.9 cm³/mol. The van der Waals surface area contributed by atoms with Gasteiger partial charge in [-0.15, -0.1) is 0 Å². The molecule has 0 radical (unpaired) electrons. The molecule has 0 amide bonds. The molecule has 0 saturated carbocycles. The van der Waals surface area contributed by atoms with Gasteiger partial charge in [0.05, 0.1) is 16.4 Å². The number of rotatable bonds is 3. The third kappa shape index (κ3) is 3.41. The van der Waals surface area contributed by atoms with Crippen molar-refractivity contribution in [2.75, 3.05) is 0 Å². The van der Waals surface area contributed by atoms with E-state index in [1.807, 2.05) is 0 Å². The van der Waals surface area contributed by atoms with E-state index >= 15 is 0 Å². The molecular formula is C11H15BrN4O. The van der Waals surface area contributed by atoms with E-state index in [0.717, 1.165) is 10.2 Å². The van der Waals surface area contributed by atoms with E-state index in [-0.39, 0.29) is 5.54 Å². The molecule has 0 saturated heterocycles. The average Bonchev–Trinajstić information content (AvgIpc) is 2.81. The van der Waals surface area contributed by atoms with Crippen molar-refractivity contribution in [3.05, 3.63) is 28.8 Å². The smallest absolute Gasteiger partial charge is 0.322 e. The fraction of sp³-hybridized carbons (Fsp3) is 0.455. The molecule has 5 nitrogen and oxygen atoms in total. The van der Waals surface area contributed by atoms with Crippen LogP contribution in [0.2, 0.25) is 0 Å². The third-order valence-corrected chi connectivity index (χ3v) is 2.50. The fourth-order valence-electron chi connectivity index (χ4n) is 1.24. The highest BCUT2D eigenvalue weighted by molar-refractivity contribution is 9.10. The van der Waals surface area contributed by atoms with E-state index in [9.17, 15) is 0 Å². The molecule has 6 heteroatoms. The number of halogens is 1. The van der Waals surface area contributed by atoms with Crippen LogP contribution in [0.25, 0.3) is 6.01 Å². The molecule has 0 bridgehead atoms. The lowest BCUT2D eigenvalue weighted by Crippen LogP contribution is -2.35. The minimum atomic E-state index is 0.0633. The van der Waals surface area contributed by atoms with Crippen LogP contribution in [-0.2, 0) is 6.54 Å². The molecule has 0 aliphatic heterocycles. The number of hydrogen-bond donors (Lipinski definition) is 1. The molecule has 0 atom stereocenters. The van der Waals surface area contributed by atoms with Crippen molar-refractivity contribution in [3.63, 3.8) is 0 Å². The Kier molecular flexibility index (Phi) is 3.35. The summed E-state index contributed by atoms with van der Waals surface area (Å²) in [5, 5.41) is 7.45. The van der Waals surface area contributed by atoms with E-state index in [1.165, 1.54) is 0 Å². The van der Waals surface area contributed by atoms with Gasteiger partial charge in [-0.3, -0.25) is 0 Å². The summed E-state index contributed by atoms with van der Waals surface area (Å²) in [6.07, 6.45) is 5.13. The predicted octanol–water partition coefficient (Wildman–Crippen LogP) is 2.51. The number of nitrogens with zero attached hydrogens (tertiary/aromatic N) is 3. The molecule has 0 aliphatic rings. The summed E-state index contributed by atoms with van der Waals surface area (Å²) in [5.41, 5.74) is 0.926. The molecule has 2 rings (SSSR count). The second-order valence-corrected chi connectivity index (χ2v) is 5.74. The van der Waals surface area contributed by atoms with Crippen LogP contribution < -0.4 is 5.32 Å². The lowest BCUT2D eigenvalue weighted by Gasteiger charge is -2.19. The average molecular weight is 299 g/mol. The Morgan fingerprint density at radius 3 is 2.82 bits per heavy atom. The van der Waals surface area contributed by atoms with Gasteiger partial charge >= 0.3 is 6.01 Å². The second kappa shape index (κ2) is 4.62. The lowest BCUT2D eigenvalue weighted by molar-refractivity contribution is 0.420. The highest BCUT2D eigenvalue weighted by Gasteiger charge is 2.11. The Bertz CT molecular complexity index is 498. The zero-order valence-corrected chi connectivity index (χ0v) is 11.7. The van der Waals surface area contributed by atoms with Crippen molar-refractivity contribution >= 4 is 15.9 Å². The first kappa shape index (κ1) is 12.3. The summed E-state index contributed by atoms with van der Waals surface area (Å²) in [5.74, 6) is 0. The van der Waals surface area contributed by atoms with Crippen LogP contribution in [0, 0.1) is 0 Å². The second-order valence-electron chi connectivity index (χ2n) is 4.83. The molecule has 1 N–H and O–H groups in total. The van der Waals surface area contributed by atoms with Gasteiger partial charge in [0, 0.05) is 18.3 Å². The molecular weight excluding hydrogens is 284 g/mol. The molecule has 0 fully saturated rings. The highest BCUT2D eigenvalue weighted by atomic mass is 79.9. The van der Waals surface area contributed by atoms with E-state index in [1.54, 1.807) is 23.3 Å². The van der Waals surface area contributed by atoms with Crippen LogP contribution in [0.15, 0.2) is 27.5 Å². The van der Waals surface area contributed by atoms with Crippen molar-refractivity contribution in [2.24, 2.45) is 0 Å². The Balaban J connectivity index is 2.06. The molecule has 0 unspecified atom stereocenters. The lowest BCUT2D eigenvalue weighted by atomic mass is 10.1. The SMILES string of the molecule is CC(C)(C)NCc1coc(-n2cc(Br)cn2)n1. The Morgan fingerprint density at radius 1 is 1.47 bits per heavy atom. The quantitative estimate of drug-likeness (QED) is 0.946. The standard InChI is InChI=1S/C11H15BrN4O/c1-11(2,3)13-5-9-7-17-10(15-9)16-6-8(12)4-14-16/h4,6-7,13H,5H2,1-3H3. The maximum absolute atomic E-state index is 5.36. The van der Waals surface area contributed by atoms with Crippen LogP contribution in [0.5, 0.6) is 0 Å². The van der Waals surface area contributed by atoms with Crippen molar-refractivity contribution < 1.29 is 4.42 Å². The first-order valence-electron chi connectivity index (χ1n) is 5.34. The van der Waals surface area contributed by atoms with E-state index in [0.29, 0.717) is 12.6 Å². The zero-order valence-electron chi connectivity index (χ0n) is 10.1. The molecule has 0 aromatic carbocycles. The Hall–Kier alpha value is -1.14. The monoisotopic (exact) mass is 298 g/mol. The summed E-state index contributed by atoms with van der Waals surface area (Å²) in [6.45, 7) is 7.01. The molecule has 2 aromatic heterocycles. The minimum Gasteiger partial charge on any atom is -0.430 e. The van der Waals surface area contributed by atoms with Gasteiger partial charge in [0.15, 0.2) is 0 Å². The topological polar surface area (TPSA) is 55.9 Å². The summed E-state index contributed by atoms with van der Waals surface area (Å²) < 4.78 is 7.84. The number of hydrogen-bond acceptors (Lipinski definition) is 4. The normalized spacial score (nSPS) is 12.0. The third-order valence-electron chi connectivity index (χ3n) is 2.09. The van der Waals surface area contributed by atoms with E-state index in [2.05, 4.69) is 52.1 Å². The van der Waals surface area contributed by atoms with Crippen molar-refractivity contribution in [2.45, 2.75) is 32.9 Å². The molecule has 17 heavy (non-hydrogen) atoms. The highest BCUT2D eigenvalue weighted by Crippen LogP contribution is 2.12. The van der Waals surface area contributed by atoms with Crippen LogP contribution in [-0.4, -0.2) is 20.3 Å². The van der Waals surface area contributed by atoms with Gasteiger partial charge in [-0.2, -0.15) is 14.8 Å². The van der Waals surface area contributed by atoms with Crippen molar-refractivity contribution in [3.8, 4) is 6.01 Å². The van der Waals surface area contributed by atoms with Gasteiger partial charge in [0.2, 0.25) is 0 Å². The van der Waals surface area contributed by atoms with Gasteiger partial charge in [0.1, 0.15) is 6.26 Å². The first-order chi connectivity index (χ1) is 7.94. The van der Waals surface area contributed by atoms with Crippen molar-refractivity contribution in [1.82, 2.24) is 20.1 Å². The van der Waals surface area contributed by atoms with Crippen LogP contribution in [0.4, 0.5) is 0 Å². The molecule has 0 spiro atoms. The van der Waals surface area contributed by atoms with Crippen LogP contribution in [0.1, 0.15) is 26.5 Å². The Morgan fingerprint density at radius 2 is 2.24 bits per heavy atom. The van der Waals surface area contributed by atoms with Gasteiger partial charge in [-0.05, 0) is 36.7 Å². The number of aromatic nitrogens is 3. The molecule has 0 aliphatic carbocycles. The van der Waals surface area contributed by atoms with Crippen LogP contribution in [0.3, 0.4) is 0 Å². The molecule has 2 heterocycles. The summed E-state index contributed by atoms with van der Waals surface area (Å²) in [4.78, 5) is 4.35.